The summed E-state index contributed by atoms with van der Waals surface area (Å²) in [7, 11) is 0. The first kappa shape index (κ1) is 26.2. The highest BCUT2D eigenvalue weighted by Crippen LogP contribution is 2.45. The average molecular weight is 547 g/mol. The van der Waals surface area contributed by atoms with Crippen LogP contribution in [0, 0.1) is 0 Å². The Morgan fingerprint density at radius 3 is 2.51 bits per heavy atom. The Bertz CT molecular complexity index is 1430. The second-order valence-corrected chi connectivity index (χ2v) is 10.4. The fraction of sp³-hybridized carbons (Fsp3) is 0.241. The van der Waals surface area contributed by atoms with Crippen molar-refractivity contribution in [3.8, 4) is 0 Å². The van der Waals surface area contributed by atoms with Gasteiger partial charge >= 0.3 is 6.09 Å². The minimum Gasteiger partial charge on any atom is -0.465 e. The molecule has 1 fully saturated rings. The van der Waals surface area contributed by atoms with Gasteiger partial charge in [-0.2, -0.15) is 0 Å². The van der Waals surface area contributed by atoms with Crippen molar-refractivity contribution in [3.63, 3.8) is 0 Å². The summed E-state index contributed by atoms with van der Waals surface area (Å²) in [6, 6.07) is 19.9. The summed E-state index contributed by atoms with van der Waals surface area (Å²) in [4.78, 5) is 52.2. The topological polar surface area (TPSA) is 128 Å². The molecular weight excluding hydrogens is 520 g/mol. The van der Waals surface area contributed by atoms with E-state index >= 15 is 0 Å². The Kier molecular flexibility index (Phi) is 7.26. The van der Waals surface area contributed by atoms with E-state index < -0.39 is 23.5 Å². The fourth-order valence-electron chi connectivity index (χ4n) is 5.43. The number of hydrogen-bond acceptors (Lipinski definition) is 4. The second-order valence-electron chi connectivity index (χ2n) is 9.93. The Morgan fingerprint density at radius 1 is 1.05 bits per heavy atom. The normalized spacial score (nSPS) is 18.7. The van der Waals surface area contributed by atoms with E-state index in [0.29, 0.717) is 41.5 Å². The van der Waals surface area contributed by atoms with Gasteiger partial charge in [-0.05, 0) is 60.0 Å². The number of hydrogen-bond donors (Lipinski definition) is 4. The van der Waals surface area contributed by atoms with Crippen LogP contribution in [0.1, 0.15) is 34.3 Å². The van der Waals surface area contributed by atoms with Gasteiger partial charge in [0.05, 0.1) is 0 Å². The number of nitrogens with one attached hydrogen (secondary N) is 3. The summed E-state index contributed by atoms with van der Waals surface area (Å²) >= 11 is 6.29. The van der Waals surface area contributed by atoms with Crippen molar-refractivity contribution in [2.75, 3.05) is 23.7 Å². The van der Waals surface area contributed by atoms with Crippen LogP contribution < -0.4 is 16.0 Å². The molecule has 0 radical (unpaired) electrons. The Morgan fingerprint density at radius 2 is 1.79 bits per heavy atom. The summed E-state index contributed by atoms with van der Waals surface area (Å²) in [5.41, 5.74) is 2.59. The molecule has 0 aromatic heterocycles. The molecule has 4 N–H and O–H groups in total. The maximum absolute atomic E-state index is 13.9. The lowest BCUT2D eigenvalue weighted by Gasteiger charge is -2.35. The molecule has 3 aromatic rings. The highest BCUT2D eigenvalue weighted by atomic mass is 35.5. The quantitative estimate of drug-likeness (QED) is 0.367. The van der Waals surface area contributed by atoms with Crippen LogP contribution in [0.25, 0.3) is 0 Å². The zero-order chi connectivity index (χ0) is 27.6. The molecule has 200 valence electrons. The molecule has 5 rings (SSSR count). The van der Waals surface area contributed by atoms with E-state index in [1.165, 1.54) is 24.3 Å². The van der Waals surface area contributed by atoms with Gasteiger partial charge in [0, 0.05) is 53.3 Å². The molecule has 9 nitrogen and oxygen atoms in total. The van der Waals surface area contributed by atoms with Gasteiger partial charge < -0.3 is 20.6 Å². The number of benzene rings is 3. The van der Waals surface area contributed by atoms with Crippen molar-refractivity contribution in [3.05, 3.63) is 94.5 Å². The van der Waals surface area contributed by atoms with Crippen LogP contribution in [0.5, 0.6) is 0 Å². The molecule has 3 aromatic carbocycles. The van der Waals surface area contributed by atoms with Crippen LogP contribution in [0.3, 0.4) is 0 Å². The van der Waals surface area contributed by atoms with E-state index in [4.69, 9.17) is 16.7 Å². The van der Waals surface area contributed by atoms with Gasteiger partial charge in [0.15, 0.2) is 0 Å². The maximum Gasteiger partial charge on any atom is 0.409 e. The zero-order valence-electron chi connectivity index (χ0n) is 20.9. The summed E-state index contributed by atoms with van der Waals surface area (Å²) in [6.07, 6.45) is -0.0687. The number of halogens is 1. The zero-order valence-corrected chi connectivity index (χ0v) is 21.7. The molecule has 1 spiro atoms. The molecule has 4 amide bonds. The Balaban J connectivity index is 1.37. The number of nitrogens with zero attached hydrogens (tertiary/aromatic N) is 1. The predicted octanol–water partition coefficient (Wildman–Crippen LogP) is 4.28. The molecule has 1 saturated heterocycles. The van der Waals surface area contributed by atoms with Crippen molar-refractivity contribution in [2.45, 2.75) is 30.7 Å². The van der Waals surface area contributed by atoms with Gasteiger partial charge in [0.25, 0.3) is 5.91 Å². The summed E-state index contributed by atoms with van der Waals surface area (Å²) in [6.45, 7) is 0.776. The molecule has 2 aliphatic rings. The van der Waals surface area contributed by atoms with Crippen LogP contribution in [-0.2, 0) is 21.4 Å². The number of anilines is 2. The van der Waals surface area contributed by atoms with E-state index in [1.807, 2.05) is 36.4 Å². The molecule has 0 saturated carbocycles. The maximum atomic E-state index is 13.9. The number of amides is 4. The molecule has 0 aliphatic carbocycles. The van der Waals surface area contributed by atoms with E-state index in [1.54, 1.807) is 17.0 Å². The lowest BCUT2D eigenvalue weighted by molar-refractivity contribution is -0.132. The Labute approximate surface area is 230 Å². The third kappa shape index (κ3) is 5.73. The first-order valence-electron chi connectivity index (χ1n) is 12.6. The van der Waals surface area contributed by atoms with Crippen molar-refractivity contribution < 1.29 is 24.3 Å². The third-order valence-electron chi connectivity index (χ3n) is 7.28. The van der Waals surface area contributed by atoms with Crippen molar-refractivity contribution in [2.24, 2.45) is 0 Å². The number of likely N-dealkylation sites (tertiary alicyclic amines) is 1. The van der Waals surface area contributed by atoms with Crippen LogP contribution in [-0.4, -0.2) is 53.0 Å². The molecule has 39 heavy (non-hydrogen) atoms. The smallest absolute Gasteiger partial charge is 0.409 e. The summed E-state index contributed by atoms with van der Waals surface area (Å²) in [5, 5.41) is 17.5. The van der Waals surface area contributed by atoms with Crippen molar-refractivity contribution in [1.29, 1.82) is 0 Å². The van der Waals surface area contributed by atoms with Crippen molar-refractivity contribution >= 4 is 46.8 Å². The highest BCUT2D eigenvalue weighted by molar-refractivity contribution is 6.30. The van der Waals surface area contributed by atoms with E-state index in [9.17, 15) is 19.2 Å². The van der Waals surface area contributed by atoms with Crippen LogP contribution >= 0.6 is 11.6 Å². The summed E-state index contributed by atoms with van der Waals surface area (Å²) in [5.74, 6) is -0.786. The second kappa shape index (κ2) is 10.8. The number of rotatable bonds is 6. The van der Waals surface area contributed by atoms with Gasteiger partial charge in [-0.1, -0.05) is 41.9 Å². The Hall–Kier alpha value is -4.37. The minimum absolute atomic E-state index is 0.103. The lowest BCUT2D eigenvalue weighted by atomic mass is 9.74. The molecule has 10 heteroatoms. The van der Waals surface area contributed by atoms with Crippen LogP contribution in [0.15, 0.2) is 72.8 Å². The van der Waals surface area contributed by atoms with Gasteiger partial charge in [-0.3, -0.25) is 19.7 Å². The number of carbonyl (C=O) groups is 4. The van der Waals surface area contributed by atoms with E-state index in [-0.39, 0.29) is 24.7 Å². The molecule has 2 aliphatic heterocycles. The number of carboxylic acid groups (broad SMARTS) is 1. The van der Waals surface area contributed by atoms with E-state index in [0.717, 1.165) is 11.1 Å². The lowest BCUT2D eigenvalue weighted by Crippen LogP contribution is -2.50. The third-order valence-corrected chi connectivity index (χ3v) is 7.51. The standard InChI is InChI=1S/C29H27ClN4O5/c30-20-8-11-23-22(15-20)29(16-25(35)32-23)12-13-34(17-29)27(37)24(14-18-4-2-1-3-5-18)33-26(36)19-6-9-21(10-7-19)31-28(38)39/h1-11,15,24,31H,12-14,16-17H2,(H,32,35)(H,33,36)(H,38,39)/t24-,29?/m0/s1. The van der Waals surface area contributed by atoms with Crippen LogP contribution in [0.4, 0.5) is 16.2 Å². The molecule has 2 heterocycles. The largest absolute Gasteiger partial charge is 0.465 e. The number of carbonyl (C=O) groups excluding carboxylic acids is 3. The monoisotopic (exact) mass is 546 g/mol. The molecule has 2 atom stereocenters. The van der Waals surface area contributed by atoms with E-state index in [2.05, 4.69) is 16.0 Å². The minimum atomic E-state index is -1.20. The molecule has 1 unspecified atom stereocenters. The highest BCUT2D eigenvalue weighted by Gasteiger charge is 2.47. The molecule has 0 bridgehead atoms. The van der Waals surface area contributed by atoms with Crippen LogP contribution in [0.2, 0.25) is 5.02 Å². The first-order chi connectivity index (χ1) is 18.7. The summed E-state index contributed by atoms with van der Waals surface area (Å²) < 4.78 is 0. The molecular formula is C29H27ClN4O5. The number of fused-ring (bicyclic) bond motifs is 2. The van der Waals surface area contributed by atoms with Gasteiger partial charge in [-0.15, -0.1) is 0 Å². The fourth-order valence-corrected chi connectivity index (χ4v) is 5.60. The predicted molar refractivity (Wildman–Crippen MR) is 147 cm³/mol. The average Bonchev–Trinajstić information content (AvgIpc) is 3.33. The van der Waals surface area contributed by atoms with Gasteiger partial charge in [0.1, 0.15) is 6.04 Å². The van der Waals surface area contributed by atoms with Gasteiger partial charge in [-0.25, -0.2) is 4.79 Å². The SMILES string of the molecule is O=C(O)Nc1ccc(C(=O)N[C@@H](Cc2ccccc2)C(=O)N2CCC3(CC(=O)Nc4ccc(Cl)cc43)C2)cc1. The van der Waals surface area contributed by atoms with Gasteiger partial charge in [0.2, 0.25) is 11.8 Å². The first-order valence-corrected chi connectivity index (χ1v) is 12.9. The van der Waals surface area contributed by atoms with Crippen molar-refractivity contribution in [1.82, 2.24) is 10.2 Å².